The lowest BCUT2D eigenvalue weighted by atomic mass is 10.2. The van der Waals surface area contributed by atoms with Crippen LogP contribution in [-0.4, -0.2) is 66.3 Å². The molecule has 0 saturated heterocycles. The summed E-state index contributed by atoms with van der Waals surface area (Å²) in [5, 5.41) is 9.31. The first-order chi connectivity index (χ1) is 11.6. The molecule has 0 heterocycles. The summed E-state index contributed by atoms with van der Waals surface area (Å²) in [6.07, 6.45) is 10.8. The second kappa shape index (κ2) is 14.5. The van der Waals surface area contributed by atoms with Crippen molar-refractivity contribution in [1.29, 1.82) is 0 Å². The highest BCUT2D eigenvalue weighted by Crippen LogP contribution is 2.08. The van der Waals surface area contributed by atoms with E-state index in [2.05, 4.69) is 39.8 Å². The smallest absolute Gasteiger partial charge is 0.223 e. The molecule has 0 aliphatic rings. The third-order valence-corrected chi connectivity index (χ3v) is 5.16. The van der Waals surface area contributed by atoms with Crippen molar-refractivity contribution in [1.82, 2.24) is 4.90 Å². The topological polar surface area (TPSA) is 40.5 Å². The minimum absolute atomic E-state index is 0.213. The molecule has 0 aromatic rings. The Morgan fingerprint density at radius 2 is 1.67 bits per heavy atom. The van der Waals surface area contributed by atoms with Crippen LogP contribution < -0.4 is 0 Å². The Balaban J connectivity index is 4.24. The molecular formula is C20H41N2O2+. The molecular weight excluding hydrogens is 300 g/mol. The number of carbonyl (C=O) groups excluding carboxylic acids is 1. The van der Waals surface area contributed by atoms with Crippen LogP contribution in [0.5, 0.6) is 0 Å². The molecule has 0 spiro atoms. The van der Waals surface area contributed by atoms with E-state index in [9.17, 15) is 9.90 Å². The Morgan fingerprint density at radius 3 is 2.21 bits per heavy atom. The molecule has 142 valence electrons. The van der Waals surface area contributed by atoms with Crippen molar-refractivity contribution in [2.45, 2.75) is 66.2 Å². The van der Waals surface area contributed by atoms with E-state index in [1.165, 1.54) is 19.3 Å². The Morgan fingerprint density at radius 1 is 1.00 bits per heavy atom. The molecule has 24 heavy (non-hydrogen) atoms. The first-order valence-electron chi connectivity index (χ1n) is 9.97. The fourth-order valence-corrected chi connectivity index (χ4v) is 3.08. The van der Waals surface area contributed by atoms with Crippen molar-refractivity contribution in [2.24, 2.45) is 0 Å². The van der Waals surface area contributed by atoms with Gasteiger partial charge in [-0.15, -0.1) is 0 Å². The maximum absolute atomic E-state index is 12.4. The third kappa shape index (κ3) is 9.43. The third-order valence-electron chi connectivity index (χ3n) is 5.16. The highest BCUT2D eigenvalue weighted by atomic mass is 16.3. The molecule has 0 aromatic carbocycles. The highest BCUT2D eigenvalue weighted by molar-refractivity contribution is 5.76. The average molecular weight is 342 g/mol. The van der Waals surface area contributed by atoms with Crippen LogP contribution in [0.1, 0.15) is 66.2 Å². The van der Waals surface area contributed by atoms with Gasteiger partial charge in [-0.05, 0) is 40.0 Å². The predicted molar refractivity (Wildman–Crippen MR) is 103 cm³/mol. The van der Waals surface area contributed by atoms with Gasteiger partial charge in [-0.2, -0.15) is 0 Å². The zero-order valence-electron chi connectivity index (χ0n) is 16.6. The first-order valence-corrected chi connectivity index (χ1v) is 9.97. The largest absolute Gasteiger partial charge is 0.391 e. The number of hydrogen-bond donors (Lipinski definition) is 1. The standard InChI is InChI=1S/C20H41N2O2/c1-5-9-10-11-12-13-14-15-20(24)21(6-2)16-17-22(7-3,8-4)18-19-23/h12-13,23H,5-11,14-19H2,1-4H3/q+1/b13-12+. The lowest BCUT2D eigenvalue weighted by molar-refractivity contribution is -0.924. The fraction of sp³-hybridized carbons (Fsp3) is 0.850. The number of allylic oxidation sites excluding steroid dienone is 2. The summed E-state index contributed by atoms with van der Waals surface area (Å²) >= 11 is 0. The SMILES string of the molecule is CCCCC/C=C/CCC(=O)N(CC)CC[N+](CC)(CC)CCO. The number of aliphatic hydroxyl groups excluding tert-OH is 1. The number of nitrogens with zero attached hydrogens (tertiary/aromatic N) is 2. The molecule has 1 N–H and O–H groups in total. The number of amides is 1. The number of carbonyl (C=O) groups is 1. The molecule has 0 radical (unpaired) electrons. The van der Waals surface area contributed by atoms with Gasteiger partial charge in [0.15, 0.2) is 0 Å². The number of rotatable bonds is 15. The van der Waals surface area contributed by atoms with Gasteiger partial charge in [0.25, 0.3) is 0 Å². The van der Waals surface area contributed by atoms with Crippen molar-refractivity contribution in [3.05, 3.63) is 12.2 Å². The molecule has 0 aliphatic carbocycles. The minimum Gasteiger partial charge on any atom is -0.391 e. The lowest BCUT2D eigenvalue weighted by Gasteiger charge is -2.38. The molecule has 0 aliphatic heterocycles. The predicted octanol–water partition coefficient (Wildman–Crippen LogP) is 3.60. The van der Waals surface area contributed by atoms with E-state index in [0.29, 0.717) is 6.42 Å². The molecule has 0 aromatic heterocycles. The number of likely N-dealkylation sites (N-methyl/N-ethyl adjacent to an activating group) is 2. The van der Waals surface area contributed by atoms with Crippen LogP contribution in [0.4, 0.5) is 0 Å². The molecule has 1 amide bonds. The van der Waals surface area contributed by atoms with Gasteiger partial charge in [0.05, 0.1) is 32.8 Å². The maximum atomic E-state index is 12.4. The van der Waals surface area contributed by atoms with Gasteiger partial charge < -0.3 is 14.5 Å². The van der Waals surface area contributed by atoms with Crippen LogP contribution in [0, 0.1) is 0 Å². The van der Waals surface area contributed by atoms with Crippen molar-refractivity contribution in [3.63, 3.8) is 0 Å². The quantitative estimate of drug-likeness (QED) is 0.281. The number of aliphatic hydroxyl groups is 1. The van der Waals surface area contributed by atoms with E-state index in [1.807, 2.05) is 4.90 Å². The summed E-state index contributed by atoms with van der Waals surface area (Å²) in [5.74, 6) is 0.255. The normalized spacial score (nSPS) is 12.0. The number of hydrogen-bond acceptors (Lipinski definition) is 2. The molecule has 0 rings (SSSR count). The molecule has 0 unspecified atom stereocenters. The van der Waals surface area contributed by atoms with Gasteiger partial charge in [0, 0.05) is 13.0 Å². The van der Waals surface area contributed by atoms with E-state index < -0.39 is 0 Å². The van der Waals surface area contributed by atoms with Crippen LogP contribution >= 0.6 is 0 Å². The van der Waals surface area contributed by atoms with Crippen LogP contribution in [0.3, 0.4) is 0 Å². The molecule has 0 bridgehead atoms. The highest BCUT2D eigenvalue weighted by Gasteiger charge is 2.24. The zero-order chi connectivity index (χ0) is 18.3. The Kier molecular flexibility index (Phi) is 13.9. The van der Waals surface area contributed by atoms with Gasteiger partial charge in [-0.3, -0.25) is 4.79 Å². The fourth-order valence-electron chi connectivity index (χ4n) is 3.08. The summed E-state index contributed by atoms with van der Waals surface area (Å²) < 4.78 is 0.887. The summed E-state index contributed by atoms with van der Waals surface area (Å²) in [5.41, 5.74) is 0. The first kappa shape index (κ1) is 23.1. The minimum atomic E-state index is 0.213. The average Bonchev–Trinajstić information content (AvgIpc) is 2.60. The van der Waals surface area contributed by atoms with Gasteiger partial charge in [0.1, 0.15) is 6.54 Å². The second-order valence-electron chi connectivity index (χ2n) is 6.62. The van der Waals surface area contributed by atoms with Crippen molar-refractivity contribution < 1.29 is 14.4 Å². The van der Waals surface area contributed by atoms with E-state index in [4.69, 9.17) is 0 Å². The second-order valence-corrected chi connectivity index (χ2v) is 6.62. The van der Waals surface area contributed by atoms with Crippen molar-refractivity contribution in [3.8, 4) is 0 Å². The van der Waals surface area contributed by atoms with Crippen molar-refractivity contribution in [2.75, 3.05) is 45.9 Å². The van der Waals surface area contributed by atoms with Gasteiger partial charge in [-0.25, -0.2) is 0 Å². The van der Waals surface area contributed by atoms with Gasteiger partial charge in [0.2, 0.25) is 5.91 Å². The zero-order valence-corrected chi connectivity index (χ0v) is 16.6. The maximum Gasteiger partial charge on any atom is 0.223 e. The molecule has 0 fully saturated rings. The van der Waals surface area contributed by atoms with Crippen LogP contribution in [-0.2, 0) is 4.79 Å². The molecule has 0 saturated carbocycles. The van der Waals surface area contributed by atoms with E-state index in [-0.39, 0.29) is 12.5 Å². The molecule has 0 atom stereocenters. The van der Waals surface area contributed by atoms with E-state index in [1.54, 1.807) is 0 Å². The number of unbranched alkanes of at least 4 members (excludes halogenated alkanes) is 3. The number of quaternary nitrogens is 1. The van der Waals surface area contributed by atoms with E-state index >= 15 is 0 Å². The lowest BCUT2D eigenvalue weighted by Crippen LogP contribution is -2.53. The van der Waals surface area contributed by atoms with Crippen molar-refractivity contribution >= 4 is 5.91 Å². The summed E-state index contributed by atoms with van der Waals surface area (Å²) in [6, 6.07) is 0. The monoisotopic (exact) mass is 341 g/mol. The van der Waals surface area contributed by atoms with E-state index in [0.717, 1.165) is 56.6 Å². The van der Waals surface area contributed by atoms with Gasteiger partial charge in [-0.1, -0.05) is 31.9 Å². The summed E-state index contributed by atoms with van der Waals surface area (Å²) in [4.78, 5) is 14.4. The molecule has 4 heteroatoms. The Labute approximate surface area is 150 Å². The molecule has 4 nitrogen and oxygen atoms in total. The van der Waals surface area contributed by atoms with Crippen LogP contribution in [0.25, 0.3) is 0 Å². The summed E-state index contributed by atoms with van der Waals surface area (Å²) in [6.45, 7) is 14.1. The van der Waals surface area contributed by atoms with Crippen LogP contribution in [0.2, 0.25) is 0 Å². The van der Waals surface area contributed by atoms with Crippen LogP contribution in [0.15, 0.2) is 12.2 Å². The Bertz CT molecular complexity index is 339. The van der Waals surface area contributed by atoms with Gasteiger partial charge >= 0.3 is 0 Å². The Hall–Kier alpha value is -0.870. The summed E-state index contributed by atoms with van der Waals surface area (Å²) in [7, 11) is 0.